The van der Waals surface area contributed by atoms with Gasteiger partial charge >= 0.3 is 0 Å². The van der Waals surface area contributed by atoms with Crippen LogP contribution in [0.25, 0.3) is 0 Å². The molecule has 1 aliphatic carbocycles. The Balaban J connectivity index is 1.49. The number of ether oxygens (including phenoxy) is 2. The molecule has 4 nitrogen and oxygen atoms in total. The second kappa shape index (κ2) is 9.23. The summed E-state index contributed by atoms with van der Waals surface area (Å²) in [6.45, 7) is 8.69. The zero-order valence-corrected chi connectivity index (χ0v) is 19.8. The SMILES string of the molecule is COc1cc(CN2CCN(I)C(c3ccccc3C(C)C)C2)ccc1OC1CC1. The van der Waals surface area contributed by atoms with Gasteiger partial charge in [0.15, 0.2) is 11.5 Å². The van der Waals surface area contributed by atoms with Crippen molar-refractivity contribution in [2.45, 2.75) is 51.3 Å². The van der Waals surface area contributed by atoms with Crippen molar-refractivity contribution >= 4 is 22.9 Å². The van der Waals surface area contributed by atoms with Gasteiger partial charge in [0.25, 0.3) is 0 Å². The number of halogens is 1. The highest BCUT2D eigenvalue weighted by atomic mass is 127. The molecular weight excluding hydrogens is 475 g/mol. The van der Waals surface area contributed by atoms with Crippen molar-refractivity contribution in [3.8, 4) is 11.5 Å². The zero-order chi connectivity index (χ0) is 20.4. The maximum Gasteiger partial charge on any atom is 0.161 e. The standard InChI is InChI=1S/C24H31IN2O2/c1-17(2)20-6-4-5-7-21(20)22-16-26(12-13-27(22)25)15-18-8-11-23(24(14-18)28-3)29-19-9-10-19/h4-8,11,14,17,19,22H,9-10,12-13,15-16H2,1-3H3. The van der Waals surface area contributed by atoms with E-state index in [4.69, 9.17) is 9.47 Å². The third kappa shape index (κ3) is 5.06. The Hall–Kier alpha value is -1.31. The smallest absolute Gasteiger partial charge is 0.161 e. The highest BCUT2D eigenvalue weighted by molar-refractivity contribution is 14.1. The van der Waals surface area contributed by atoms with Crippen molar-refractivity contribution in [1.82, 2.24) is 8.01 Å². The molecule has 0 radical (unpaired) electrons. The normalized spacial score (nSPS) is 20.8. The molecule has 1 saturated heterocycles. The van der Waals surface area contributed by atoms with Gasteiger partial charge in [0.05, 0.1) is 19.3 Å². The van der Waals surface area contributed by atoms with Gasteiger partial charge in [0.2, 0.25) is 0 Å². The zero-order valence-electron chi connectivity index (χ0n) is 17.6. The summed E-state index contributed by atoms with van der Waals surface area (Å²) in [7, 11) is 1.73. The Bertz CT molecular complexity index is 837. The van der Waals surface area contributed by atoms with E-state index in [1.54, 1.807) is 7.11 Å². The van der Waals surface area contributed by atoms with Crippen molar-refractivity contribution in [2.24, 2.45) is 0 Å². The van der Waals surface area contributed by atoms with Gasteiger partial charge < -0.3 is 9.47 Å². The van der Waals surface area contributed by atoms with Crippen molar-refractivity contribution in [2.75, 3.05) is 26.7 Å². The minimum Gasteiger partial charge on any atom is -0.493 e. The second-order valence-corrected chi connectivity index (χ2v) is 9.70. The number of hydrogen-bond donors (Lipinski definition) is 0. The molecular formula is C24H31IN2O2. The monoisotopic (exact) mass is 506 g/mol. The van der Waals surface area contributed by atoms with E-state index in [0.717, 1.165) is 50.5 Å². The Morgan fingerprint density at radius 2 is 1.86 bits per heavy atom. The van der Waals surface area contributed by atoms with Crippen LogP contribution in [0.4, 0.5) is 0 Å². The minimum absolute atomic E-state index is 0.383. The summed E-state index contributed by atoms with van der Waals surface area (Å²) in [5, 5.41) is 0. The molecule has 1 aliphatic heterocycles. The van der Waals surface area contributed by atoms with Gasteiger partial charge in [-0.2, -0.15) is 0 Å². The maximum atomic E-state index is 5.97. The molecule has 1 saturated carbocycles. The van der Waals surface area contributed by atoms with E-state index in [1.807, 2.05) is 0 Å². The molecule has 5 heteroatoms. The predicted octanol–water partition coefficient (Wildman–Crippen LogP) is 5.57. The summed E-state index contributed by atoms with van der Waals surface area (Å²) < 4.78 is 14.0. The van der Waals surface area contributed by atoms with Gasteiger partial charge in [-0.1, -0.05) is 44.2 Å². The summed E-state index contributed by atoms with van der Waals surface area (Å²) in [5.41, 5.74) is 4.21. The van der Waals surface area contributed by atoms with Gasteiger partial charge in [0.1, 0.15) is 0 Å². The fourth-order valence-corrected chi connectivity index (χ4v) is 4.77. The molecule has 1 unspecified atom stereocenters. The third-order valence-corrected chi connectivity index (χ3v) is 6.98. The van der Waals surface area contributed by atoms with Crippen LogP contribution in [0.5, 0.6) is 11.5 Å². The lowest BCUT2D eigenvalue weighted by molar-refractivity contribution is 0.148. The van der Waals surface area contributed by atoms with Crippen LogP contribution in [0.3, 0.4) is 0 Å². The average Bonchev–Trinajstić information content (AvgIpc) is 3.54. The van der Waals surface area contributed by atoms with Crippen LogP contribution in [0, 0.1) is 0 Å². The third-order valence-electron chi connectivity index (χ3n) is 5.83. The van der Waals surface area contributed by atoms with Crippen LogP contribution in [0.2, 0.25) is 0 Å². The summed E-state index contributed by atoms with van der Waals surface area (Å²) in [5.74, 6) is 2.26. The molecule has 0 bridgehead atoms. The Morgan fingerprint density at radius 1 is 1.07 bits per heavy atom. The van der Waals surface area contributed by atoms with Crippen LogP contribution in [0.1, 0.15) is 55.3 Å². The van der Waals surface area contributed by atoms with E-state index in [0.29, 0.717) is 18.1 Å². The summed E-state index contributed by atoms with van der Waals surface area (Å²) in [6, 6.07) is 15.8. The van der Waals surface area contributed by atoms with Gasteiger partial charge in [-0.3, -0.25) is 4.90 Å². The molecule has 1 heterocycles. The van der Waals surface area contributed by atoms with E-state index < -0.39 is 0 Å². The first kappa shape index (κ1) is 20.9. The molecule has 2 aromatic carbocycles. The van der Waals surface area contributed by atoms with E-state index in [2.05, 4.69) is 87.2 Å². The molecule has 156 valence electrons. The molecule has 0 spiro atoms. The number of nitrogens with zero attached hydrogens (tertiary/aromatic N) is 2. The van der Waals surface area contributed by atoms with E-state index in [9.17, 15) is 0 Å². The molecule has 2 aliphatic rings. The molecule has 29 heavy (non-hydrogen) atoms. The van der Waals surface area contributed by atoms with Crippen molar-refractivity contribution < 1.29 is 9.47 Å². The number of benzene rings is 2. The van der Waals surface area contributed by atoms with Crippen LogP contribution in [-0.2, 0) is 6.54 Å². The first-order valence-corrected chi connectivity index (χ1v) is 11.6. The van der Waals surface area contributed by atoms with E-state index in [1.165, 1.54) is 16.7 Å². The molecule has 4 rings (SSSR count). The second-order valence-electron chi connectivity index (χ2n) is 8.46. The van der Waals surface area contributed by atoms with Crippen LogP contribution in [0.15, 0.2) is 42.5 Å². The van der Waals surface area contributed by atoms with Gasteiger partial charge in [-0.05, 0) is 47.6 Å². The Morgan fingerprint density at radius 3 is 2.59 bits per heavy atom. The van der Waals surface area contributed by atoms with Gasteiger partial charge in [-0.25, -0.2) is 3.11 Å². The fraction of sp³-hybridized carbons (Fsp3) is 0.500. The molecule has 0 amide bonds. The highest BCUT2D eigenvalue weighted by Crippen LogP contribution is 2.36. The lowest BCUT2D eigenvalue weighted by Gasteiger charge is -2.39. The summed E-state index contributed by atoms with van der Waals surface area (Å²) >= 11 is 2.51. The number of piperazine rings is 1. The van der Waals surface area contributed by atoms with Crippen molar-refractivity contribution in [3.63, 3.8) is 0 Å². The minimum atomic E-state index is 0.383. The largest absolute Gasteiger partial charge is 0.493 e. The first-order chi connectivity index (χ1) is 14.0. The number of rotatable bonds is 7. The van der Waals surface area contributed by atoms with Gasteiger partial charge in [0, 0.05) is 49.0 Å². The molecule has 1 atom stereocenters. The van der Waals surface area contributed by atoms with E-state index in [-0.39, 0.29) is 0 Å². The summed E-state index contributed by atoms with van der Waals surface area (Å²) in [6.07, 6.45) is 2.70. The Kier molecular flexibility index (Phi) is 6.66. The first-order valence-electron chi connectivity index (χ1n) is 10.6. The molecule has 2 fully saturated rings. The van der Waals surface area contributed by atoms with E-state index >= 15 is 0 Å². The van der Waals surface area contributed by atoms with Gasteiger partial charge in [-0.15, -0.1) is 0 Å². The average molecular weight is 506 g/mol. The highest BCUT2D eigenvalue weighted by Gasteiger charge is 2.29. The lowest BCUT2D eigenvalue weighted by Crippen LogP contribution is -2.44. The molecule has 2 aromatic rings. The lowest BCUT2D eigenvalue weighted by atomic mass is 9.92. The van der Waals surface area contributed by atoms with Crippen LogP contribution >= 0.6 is 22.9 Å². The molecule has 0 aromatic heterocycles. The topological polar surface area (TPSA) is 24.9 Å². The predicted molar refractivity (Wildman–Crippen MR) is 126 cm³/mol. The number of methoxy groups -OCH3 is 1. The number of hydrogen-bond acceptors (Lipinski definition) is 4. The van der Waals surface area contributed by atoms with Crippen LogP contribution in [-0.4, -0.2) is 40.9 Å². The Labute approximate surface area is 188 Å². The molecule has 0 N–H and O–H groups in total. The van der Waals surface area contributed by atoms with Crippen LogP contribution < -0.4 is 9.47 Å². The fourth-order valence-electron chi connectivity index (χ4n) is 4.08. The summed E-state index contributed by atoms with van der Waals surface area (Å²) in [4.78, 5) is 2.56. The quantitative estimate of drug-likeness (QED) is 0.362. The maximum absolute atomic E-state index is 5.97. The van der Waals surface area contributed by atoms with Crippen molar-refractivity contribution in [1.29, 1.82) is 0 Å². The van der Waals surface area contributed by atoms with Crippen molar-refractivity contribution in [3.05, 3.63) is 59.2 Å².